The van der Waals surface area contributed by atoms with Gasteiger partial charge in [-0.25, -0.2) is 4.98 Å². The van der Waals surface area contributed by atoms with Gasteiger partial charge >= 0.3 is 0 Å². The molecule has 2 heterocycles. The van der Waals surface area contributed by atoms with E-state index in [0.29, 0.717) is 0 Å². The summed E-state index contributed by atoms with van der Waals surface area (Å²) in [5.74, 6) is 0.931. The molecule has 0 bridgehead atoms. The fourth-order valence-corrected chi connectivity index (χ4v) is 6.47. The molecule has 0 aliphatic heterocycles. The van der Waals surface area contributed by atoms with Gasteiger partial charge in [0.05, 0.1) is 11.0 Å². The molecule has 0 unspecified atom stereocenters. The summed E-state index contributed by atoms with van der Waals surface area (Å²) in [6.45, 7) is 0. The fourth-order valence-electron chi connectivity index (χ4n) is 6.47. The molecular formula is C39H24N2O. The van der Waals surface area contributed by atoms with Gasteiger partial charge in [0.1, 0.15) is 17.0 Å². The van der Waals surface area contributed by atoms with E-state index in [4.69, 9.17) is 9.40 Å². The van der Waals surface area contributed by atoms with Crippen LogP contribution in [-0.2, 0) is 0 Å². The van der Waals surface area contributed by atoms with Crippen molar-refractivity contribution in [3.8, 4) is 28.2 Å². The molecule has 0 aliphatic carbocycles. The Kier molecular flexibility index (Phi) is 4.90. The van der Waals surface area contributed by atoms with Gasteiger partial charge in [-0.2, -0.15) is 0 Å². The molecule has 42 heavy (non-hydrogen) atoms. The molecule has 0 radical (unpaired) electrons. The Morgan fingerprint density at radius 3 is 1.88 bits per heavy atom. The first-order chi connectivity index (χ1) is 20.8. The number of hydrogen-bond donors (Lipinski definition) is 0. The number of para-hydroxylation sites is 1. The third-order valence-corrected chi connectivity index (χ3v) is 8.38. The van der Waals surface area contributed by atoms with Gasteiger partial charge in [-0.15, -0.1) is 0 Å². The van der Waals surface area contributed by atoms with Crippen molar-refractivity contribution in [3.63, 3.8) is 0 Å². The zero-order chi connectivity index (χ0) is 27.6. The molecule has 0 spiro atoms. The maximum Gasteiger partial charge on any atom is 0.145 e. The Bertz CT molecular complexity index is 2470. The van der Waals surface area contributed by atoms with Crippen molar-refractivity contribution in [2.75, 3.05) is 0 Å². The lowest BCUT2D eigenvalue weighted by Gasteiger charge is -2.14. The highest BCUT2D eigenvalue weighted by molar-refractivity contribution is 6.24. The van der Waals surface area contributed by atoms with Crippen molar-refractivity contribution in [2.45, 2.75) is 0 Å². The van der Waals surface area contributed by atoms with E-state index in [2.05, 4.69) is 138 Å². The lowest BCUT2D eigenvalue weighted by molar-refractivity contribution is 0.669. The van der Waals surface area contributed by atoms with Gasteiger partial charge in [0, 0.05) is 32.8 Å². The molecule has 3 heteroatoms. The van der Waals surface area contributed by atoms with Gasteiger partial charge in [0.2, 0.25) is 0 Å². The number of fused-ring (bicyclic) bond motifs is 9. The molecule has 3 nitrogen and oxygen atoms in total. The number of imidazole rings is 1. The van der Waals surface area contributed by atoms with Crippen molar-refractivity contribution >= 4 is 54.5 Å². The first-order valence-electron chi connectivity index (χ1n) is 14.2. The minimum atomic E-state index is 0.904. The van der Waals surface area contributed by atoms with E-state index in [9.17, 15) is 0 Å². The second-order valence-corrected chi connectivity index (χ2v) is 10.8. The second kappa shape index (κ2) is 8.92. The second-order valence-electron chi connectivity index (χ2n) is 10.8. The van der Waals surface area contributed by atoms with Crippen LogP contribution < -0.4 is 0 Å². The number of aromatic nitrogens is 2. The molecule has 0 atom stereocenters. The van der Waals surface area contributed by atoms with Crippen LogP contribution in [0.2, 0.25) is 0 Å². The van der Waals surface area contributed by atoms with Gasteiger partial charge in [-0.05, 0) is 52.2 Å². The molecule has 0 saturated carbocycles. The van der Waals surface area contributed by atoms with E-state index in [1.54, 1.807) is 0 Å². The summed E-state index contributed by atoms with van der Waals surface area (Å²) in [7, 11) is 0. The van der Waals surface area contributed by atoms with Gasteiger partial charge in [0.15, 0.2) is 0 Å². The van der Waals surface area contributed by atoms with Crippen molar-refractivity contribution in [2.24, 2.45) is 0 Å². The highest BCUT2D eigenvalue weighted by atomic mass is 16.3. The third-order valence-electron chi connectivity index (χ3n) is 8.38. The standard InChI is InChI=1S/C39H24N2O/c1-2-11-25(12-3-1)39-40-37-32-18-6-4-15-29(32)30-16-5-7-19-33(30)38(37)41(39)28-14-10-13-26(23-28)27-21-22-36-34(24-27)31-17-8-9-20-35(31)42-36/h1-24H. The molecule has 0 N–H and O–H groups in total. The summed E-state index contributed by atoms with van der Waals surface area (Å²) in [6.07, 6.45) is 0. The lowest BCUT2D eigenvalue weighted by atomic mass is 9.99. The van der Waals surface area contributed by atoms with Crippen LogP contribution in [-0.4, -0.2) is 9.55 Å². The molecule has 0 fully saturated rings. The van der Waals surface area contributed by atoms with Crippen molar-refractivity contribution in [1.29, 1.82) is 0 Å². The molecule has 2 aromatic heterocycles. The van der Waals surface area contributed by atoms with Gasteiger partial charge in [-0.3, -0.25) is 4.57 Å². The number of furan rings is 1. The summed E-state index contributed by atoms with van der Waals surface area (Å²) < 4.78 is 8.44. The van der Waals surface area contributed by atoms with Crippen LogP contribution in [0.5, 0.6) is 0 Å². The van der Waals surface area contributed by atoms with Crippen LogP contribution in [0.25, 0.3) is 82.7 Å². The highest BCUT2D eigenvalue weighted by Crippen LogP contribution is 2.40. The summed E-state index contributed by atoms with van der Waals surface area (Å²) in [5, 5.41) is 7.07. The Balaban J connectivity index is 1.35. The number of benzene rings is 7. The van der Waals surface area contributed by atoms with Crippen molar-refractivity contribution in [3.05, 3.63) is 146 Å². The van der Waals surface area contributed by atoms with E-state index in [-0.39, 0.29) is 0 Å². The van der Waals surface area contributed by atoms with Crippen LogP contribution >= 0.6 is 0 Å². The van der Waals surface area contributed by atoms with Crippen LogP contribution in [0.4, 0.5) is 0 Å². The van der Waals surface area contributed by atoms with Crippen LogP contribution in [0.1, 0.15) is 0 Å². The minimum absolute atomic E-state index is 0.904. The van der Waals surface area contributed by atoms with Crippen LogP contribution in [0.3, 0.4) is 0 Å². The van der Waals surface area contributed by atoms with Gasteiger partial charge in [0.25, 0.3) is 0 Å². The number of nitrogens with zero attached hydrogens (tertiary/aromatic N) is 2. The normalized spacial score (nSPS) is 11.8. The highest BCUT2D eigenvalue weighted by Gasteiger charge is 2.20. The quantitative estimate of drug-likeness (QED) is 0.210. The van der Waals surface area contributed by atoms with Crippen molar-refractivity contribution < 1.29 is 4.42 Å². The molecule has 0 saturated heterocycles. The van der Waals surface area contributed by atoms with Crippen molar-refractivity contribution in [1.82, 2.24) is 9.55 Å². The molecule has 9 rings (SSSR count). The Labute approximate surface area is 241 Å². The zero-order valence-corrected chi connectivity index (χ0v) is 22.7. The average Bonchev–Trinajstić information content (AvgIpc) is 3.65. The summed E-state index contributed by atoms with van der Waals surface area (Å²) in [5.41, 5.74) is 8.40. The summed E-state index contributed by atoms with van der Waals surface area (Å²) >= 11 is 0. The van der Waals surface area contributed by atoms with E-state index in [1.807, 2.05) is 12.1 Å². The zero-order valence-electron chi connectivity index (χ0n) is 22.7. The number of hydrogen-bond acceptors (Lipinski definition) is 2. The van der Waals surface area contributed by atoms with E-state index in [1.165, 1.54) is 16.2 Å². The monoisotopic (exact) mass is 536 g/mol. The number of rotatable bonds is 3. The van der Waals surface area contributed by atoms with E-state index in [0.717, 1.165) is 66.6 Å². The largest absolute Gasteiger partial charge is 0.456 e. The molecular weight excluding hydrogens is 512 g/mol. The summed E-state index contributed by atoms with van der Waals surface area (Å²) in [6, 6.07) is 51.3. The third kappa shape index (κ3) is 3.37. The SMILES string of the molecule is c1ccc(-c2nc3c4ccccc4c4ccccc4c3n2-c2cccc(-c3ccc4oc5ccccc5c4c3)c2)cc1. The maximum atomic E-state index is 6.10. The summed E-state index contributed by atoms with van der Waals surface area (Å²) in [4.78, 5) is 5.36. The molecule has 9 aromatic rings. The van der Waals surface area contributed by atoms with E-state index >= 15 is 0 Å². The van der Waals surface area contributed by atoms with Crippen LogP contribution in [0, 0.1) is 0 Å². The Hall–Kier alpha value is -5.67. The Morgan fingerprint density at radius 1 is 0.429 bits per heavy atom. The van der Waals surface area contributed by atoms with Gasteiger partial charge < -0.3 is 4.42 Å². The fraction of sp³-hybridized carbons (Fsp3) is 0. The predicted molar refractivity (Wildman–Crippen MR) is 174 cm³/mol. The maximum absolute atomic E-state index is 6.10. The smallest absolute Gasteiger partial charge is 0.145 e. The average molecular weight is 537 g/mol. The van der Waals surface area contributed by atoms with E-state index < -0.39 is 0 Å². The topological polar surface area (TPSA) is 31.0 Å². The van der Waals surface area contributed by atoms with Crippen LogP contribution in [0.15, 0.2) is 150 Å². The molecule has 7 aromatic carbocycles. The molecule has 0 aliphatic rings. The first-order valence-corrected chi connectivity index (χ1v) is 14.2. The molecule has 0 amide bonds. The molecule has 196 valence electrons. The minimum Gasteiger partial charge on any atom is -0.456 e. The Morgan fingerprint density at radius 2 is 1.05 bits per heavy atom. The van der Waals surface area contributed by atoms with Gasteiger partial charge in [-0.1, -0.05) is 115 Å². The lowest BCUT2D eigenvalue weighted by Crippen LogP contribution is -1.98. The first kappa shape index (κ1) is 23.1. The predicted octanol–water partition coefficient (Wildman–Crippen LogP) is 10.6.